The zero-order valence-corrected chi connectivity index (χ0v) is 9.90. The van der Waals surface area contributed by atoms with E-state index in [0.29, 0.717) is 0 Å². The molecule has 1 fully saturated rings. The minimum absolute atomic E-state index is 0.0106. The summed E-state index contributed by atoms with van der Waals surface area (Å²) in [5, 5.41) is 3.22. The summed E-state index contributed by atoms with van der Waals surface area (Å²) < 4.78 is 0. The van der Waals surface area contributed by atoms with Crippen LogP contribution in [0.1, 0.15) is 12.8 Å². The van der Waals surface area contributed by atoms with Crippen LogP contribution in [0.15, 0.2) is 0 Å². The van der Waals surface area contributed by atoms with Gasteiger partial charge in [-0.15, -0.1) is 0 Å². The number of nitrogens with one attached hydrogen (secondary N) is 1. The van der Waals surface area contributed by atoms with Crippen LogP contribution >= 0.6 is 0 Å². The highest BCUT2D eigenvalue weighted by Gasteiger charge is 2.27. The van der Waals surface area contributed by atoms with Gasteiger partial charge in [-0.2, -0.15) is 0 Å². The number of primary amides is 1. The summed E-state index contributed by atoms with van der Waals surface area (Å²) in [6.45, 7) is 1.69. The molecular formula is C10H20N4O2. The maximum atomic E-state index is 11.9. The number of piperidine rings is 1. The van der Waals surface area contributed by atoms with E-state index in [4.69, 9.17) is 5.73 Å². The van der Waals surface area contributed by atoms with Gasteiger partial charge in [0.2, 0.25) is 5.91 Å². The van der Waals surface area contributed by atoms with Crippen molar-refractivity contribution in [3.8, 4) is 0 Å². The lowest BCUT2D eigenvalue weighted by molar-refractivity contribution is -0.119. The summed E-state index contributed by atoms with van der Waals surface area (Å²) in [5.74, 6) is -0.472. The Morgan fingerprint density at radius 1 is 1.44 bits per heavy atom. The van der Waals surface area contributed by atoms with Crippen LogP contribution in [0.4, 0.5) is 4.79 Å². The van der Waals surface area contributed by atoms with Gasteiger partial charge in [0, 0.05) is 26.7 Å². The molecule has 1 rings (SSSR count). The first-order valence-electron chi connectivity index (χ1n) is 5.49. The third kappa shape index (κ3) is 3.37. The molecule has 0 aromatic heterocycles. The molecule has 0 aliphatic carbocycles. The Morgan fingerprint density at radius 3 is 2.56 bits per heavy atom. The molecule has 3 N–H and O–H groups in total. The molecule has 1 aliphatic rings. The summed E-state index contributed by atoms with van der Waals surface area (Å²) in [5.41, 5.74) is 5.17. The highest BCUT2D eigenvalue weighted by atomic mass is 16.2. The lowest BCUT2D eigenvalue weighted by Crippen LogP contribution is -2.54. The normalized spacial score (nSPS) is 20.2. The van der Waals surface area contributed by atoms with Crippen molar-refractivity contribution in [2.75, 3.05) is 33.7 Å². The number of carbonyl (C=O) groups excluding carboxylic acids is 2. The van der Waals surface area contributed by atoms with Crippen LogP contribution in [0.25, 0.3) is 0 Å². The highest BCUT2D eigenvalue weighted by molar-refractivity contribution is 5.83. The number of urea groups is 1. The van der Waals surface area contributed by atoms with E-state index in [1.165, 1.54) is 4.90 Å². The van der Waals surface area contributed by atoms with Gasteiger partial charge in [0.15, 0.2) is 0 Å². The van der Waals surface area contributed by atoms with Crippen molar-refractivity contribution in [3.05, 3.63) is 0 Å². The average molecular weight is 228 g/mol. The van der Waals surface area contributed by atoms with Gasteiger partial charge >= 0.3 is 6.03 Å². The van der Waals surface area contributed by atoms with Crippen LogP contribution in [0.3, 0.4) is 0 Å². The van der Waals surface area contributed by atoms with E-state index in [1.54, 1.807) is 19.0 Å². The molecule has 1 atom stereocenters. The van der Waals surface area contributed by atoms with Crippen molar-refractivity contribution in [2.45, 2.75) is 18.9 Å². The number of carbonyl (C=O) groups is 2. The summed E-state index contributed by atoms with van der Waals surface area (Å²) in [6, 6.07) is -0.0938. The molecule has 0 radical (unpaired) electrons. The molecule has 0 saturated carbocycles. The molecule has 6 heteroatoms. The first-order valence-corrected chi connectivity index (χ1v) is 5.49. The number of nitrogens with zero attached hydrogens (tertiary/aromatic N) is 2. The van der Waals surface area contributed by atoms with Gasteiger partial charge in [-0.25, -0.2) is 4.79 Å². The number of rotatable bonds is 3. The van der Waals surface area contributed by atoms with Crippen molar-refractivity contribution in [2.24, 2.45) is 5.73 Å². The number of hydrogen-bond acceptors (Lipinski definition) is 3. The Hall–Kier alpha value is -1.30. The fourth-order valence-corrected chi connectivity index (χ4v) is 1.88. The van der Waals surface area contributed by atoms with Crippen molar-refractivity contribution in [1.82, 2.24) is 15.1 Å². The van der Waals surface area contributed by atoms with Gasteiger partial charge in [-0.1, -0.05) is 0 Å². The summed E-state index contributed by atoms with van der Waals surface area (Å²) in [4.78, 5) is 25.9. The van der Waals surface area contributed by atoms with Crippen LogP contribution in [-0.4, -0.2) is 61.5 Å². The minimum atomic E-state index is -0.472. The van der Waals surface area contributed by atoms with Crippen molar-refractivity contribution < 1.29 is 9.59 Å². The van der Waals surface area contributed by atoms with Crippen LogP contribution in [0.5, 0.6) is 0 Å². The van der Waals surface area contributed by atoms with E-state index in [2.05, 4.69) is 5.32 Å². The highest BCUT2D eigenvalue weighted by Crippen LogP contribution is 2.11. The first-order chi connectivity index (χ1) is 7.52. The number of amides is 3. The van der Waals surface area contributed by atoms with E-state index >= 15 is 0 Å². The van der Waals surface area contributed by atoms with Crippen LogP contribution in [0, 0.1) is 0 Å². The molecule has 92 valence electrons. The SMILES string of the molecule is CN(C)C(=O)N(CC(N)=O)C1CCCNC1. The Kier molecular flexibility index (Phi) is 4.54. The molecule has 6 nitrogen and oxygen atoms in total. The first kappa shape index (κ1) is 12.8. The van der Waals surface area contributed by atoms with Crippen molar-refractivity contribution in [3.63, 3.8) is 0 Å². The van der Waals surface area contributed by atoms with Crippen LogP contribution < -0.4 is 11.1 Å². The molecule has 1 aliphatic heterocycles. The van der Waals surface area contributed by atoms with Crippen LogP contribution in [-0.2, 0) is 4.79 Å². The number of nitrogens with two attached hydrogens (primary N) is 1. The lowest BCUT2D eigenvalue weighted by atomic mass is 10.1. The summed E-state index contributed by atoms with van der Waals surface area (Å²) >= 11 is 0. The second kappa shape index (κ2) is 5.69. The monoisotopic (exact) mass is 228 g/mol. The maximum Gasteiger partial charge on any atom is 0.320 e. The van der Waals surface area contributed by atoms with Gasteiger partial charge in [-0.3, -0.25) is 4.79 Å². The zero-order valence-electron chi connectivity index (χ0n) is 9.90. The molecule has 3 amide bonds. The van der Waals surface area contributed by atoms with Gasteiger partial charge in [-0.05, 0) is 19.4 Å². The maximum absolute atomic E-state index is 11.9. The molecule has 0 bridgehead atoms. The molecule has 1 heterocycles. The van der Waals surface area contributed by atoms with Gasteiger partial charge in [0.1, 0.15) is 6.54 Å². The fourth-order valence-electron chi connectivity index (χ4n) is 1.88. The predicted octanol–water partition coefficient (Wildman–Crippen LogP) is -0.793. The van der Waals surface area contributed by atoms with Gasteiger partial charge < -0.3 is 20.9 Å². The average Bonchev–Trinajstić information content (AvgIpc) is 2.26. The molecule has 0 aromatic carbocycles. The Morgan fingerprint density at radius 2 is 2.12 bits per heavy atom. The molecule has 0 aromatic rings. The topological polar surface area (TPSA) is 78.7 Å². The smallest absolute Gasteiger partial charge is 0.320 e. The van der Waals surface area contributed by atoms with E-state index in [-0.39, 0.29) is 18.6 Å². The molecule has 1 saturated heterocycles. The fraction of sp³-hybridized carbons (Fsp3) is 0.800. The molecular weight excluding hydrogens is 208 g/mol. The van der Waals surface area contributed by atoms with E-state index < -0.39 is 5.91 Å². The summed E-state index contributed by atoms with van der Waals surface area (Å²) in [7, 11) is 3.35. The Balaban J connectivity index is 2.68. The largest absolute Gasteiger partial charge is 0.368 e. The molecule has 0 spiro atoms. The third-order valence-electron chi connectivity index (χ3n) is 2.67. The van der Waals surface area contributed by atoms with E-state index in [0.717, 1.165) is 25.9 Å². The number of hydrogen-bond donors (Lipinski definition) is 2. The van der Waals surface area contributed by atoms with E-state index in [1.807, 2.05) is 0 Å². The van der Waals surface area contributed by atoms with Crippen LogP contribution in [0.2, 0.25) is 0 Å². The quantitative estimate of drug-likeness (QED) is 0.664. The molecule has 16 heavy (non-hydrogen) atoms. The predicted molar refractivity (Wildman–Crippen MR) is 60.9 cm³/mol. The second-order valence-corrected chi connectivity index (χ2v) is 4.27. The lowest BCUT2D eigenvalue weighted by Gasteiger charge is -2.35. The van der Waals surface area contributed by atoms with Gasteiger partial charge in [0.05, 0.1) is 0 Å². The Bertz CT molecular complexity index is 262. The second-order valence-electron chi connectivity index (χ2n) is 4.27. The minimum Gasteiger partial charge on any atom is -0.368 e. The third-order valence-corrected chi connectivity index (χ3v) is 2.67. The Labute approximate surface area is 95.8 Å². The van der Waals surface area contributed by atoms with Gasteiger partial charge in [0.25, 0.3) is 0 Å². The zero-order chi connectivity index (χ0) is 12.1. The van der Waals surface area contributed by atoms with Crippen molar-refractivity contribution in [1.29, 1.82) is 0 Å². The standard InChI is InChI=1S/C10H20N4O2/c1-13(2)10(16)14(7-9(11)15)8-4-3-5-12-6-8/h8,12H,3-7H2,1-2H3,(H2,11,15). The van der Waals surface area contributed by atoms with E-state index in [9.17, 15) is 9.59 Å². The summed E-state index contributed by atoms with van der Waals surface area (Å²) in [6.07, 6.45) is 1.93. The molecule has 1 unspecified atom stereocenters. The van der Waals surface area contributed by atoms with Crippen molar-refractivity contribution >= 4 is 11.9 Å².